The minimum absolute atomic E-state index is 0.133. The van der Waals surface area contributed by atoms with E-state index >= 15 is 0 Å². The van der Waals surface area contributed by atoms with E-state index in [0.29, 0.717) is 56.4 Å². The van der Waals surface area contributed by atoms with Gasteiger partial charge in [0.05, 0.1) is 32.2 Å². The molecule has 0 radical (unpaired) electrons. The monoisotopic (exact) mass is 476 g/mol. The third-order valence-corrected chi connectivity index (χ3v) is 6.51. The zero-order valence-electron chi connectivity index (χ0n) is 20.1. The highest BCUT2D eigenvalue weighted by Crippen LogP contribution is 2.45. The highest BCUT2D eigenvalue weighted by atomic mass is 16.6. The number of carbonyl (C=O) groups is 2. The Hall–Kier alpha value is -4.01. The molecule has 1 saturated heterocycles. The maximum atomic E-state index is 13.7. The molecule has 1 aliphatic carbocycles. The second-order valence-electron chi connectivity index (χ2n) is 8.44. The largest absolute Gasteiger partial charge is 0.493 e. The number of piperazine rings is 1. The summed E-state index contributed by atoms with van der Waals surface area (Å²) >= 11 is 0. The van der Waals surface area contributed by atoms with Crippen LogP contribution in [0.2, 0.25) is 0 Å². The predicted octanol–water partition coefficient (Wildman–Crippen LogP) is 3.38. The minimum Gasteiger partial charge on any atom is -0.493 e. The van der Waals surface area contributed by atoms with Gasteiger partial charge in [-0.1, -0.05) is 18.2 Å². The van der Waals surface area contributed by atoms with Gasteiger partial charge in [-0.2, -0.15) is 5.10 Å². The molecule has 0 unspecified atom stereocenters. The molecule has 1 aromatic heterocycles. The molecule has 0 spiro atoms. The van der Waals surface area contributed by atoms with E-state index < -0.39 is 0 Å². The number of para-hydroxylation sites is 1. The molecule has 182 valence electrons. The molecular formula is C26H28N4O5. The molecule has 1 aliphatic heterocycles. The summed E-state index contributed by atoms with van der Waals surface area (Å²) in [6, 6.07) is 13.7. The van der Waals surface area contributed by atoms with E-state index in [9.17, 15) is 9.59 Å². The number of amides is 2. The molecule has 9 heteroatoms. The Kier molecular flexibility index (Phi) is 6.07. The number of hydrogen-bond donors (Lipinski definition) is 0. The van der Waals surface area contributed by atoms with Crippen molar-refractivity contribution < 1.29 is 23.8 Å². The molecule has 0 atom stereocenters. The minimum atomic E-state index is -0.341. The summed E-state index contributed by atoms with van der Waals surface area (Å²) in [6.07, 6.45) is 0.231. The topological polar surface area (TPSA) is 86.1 Å². The molecule has 2 aromatic carbocycles. The zero-order valence-corrected chi connectivity index (χ0v) is 20.1. The van der Waals surface area contributed by atoms with Crippen LogP contribution in [-0.4, -0.2) is 78.6 Å². The average molecular weight is 477 g/mol. The van der Waals surface area contributed by atoms with Gasteiger partial charge in [-0.25, -0.2) is 9.48 Å². The number of fused-ring (bicyclic) bond motifs is 3. The van der Waals surface area contributed by atoms with Crippen molar-refractivity contribution in [2.75, 3.05) is 47.0 Å². The SMILES string of the molecule is CCOC(=O)N1CCN(C(=O)c2nn(-c3ccccc3)c3c2Cc2cc(OC)c(OC)cc2-3)CC1. The lowest BCUT2D eigenvalue weighted by Crippen LogP contribution is -2.51. The van der Waals surface area contributed by atoms with Crippen molar-refractivity contribution in [3.05, 3.63) is 59.3 Å². The Labute approximate surface area is 203 Å². The van der Waals surface area contributed by atoms with Crippen LogP contribution in [0.5, 0.6) is 11.5 Å². The fourth-order valence-corrected chi connectivity index (χ4v) is 4.76. The number of rotatable bonds is 5. The van der Waals surface area contributed by atoms with Crippen LogP contribution in [0.4, 0.5) is 4.79 Å². The Balaban J connectivity index is 1.52. The second-order valence-corrected chi connectivity index (χ2v) is 8.44. The van der Waals surface area contributed by atoms with Gasteiger partial charge in [0, 0.05) is 43.7 Å². The van der Waals surface area contributed by atoms with Gasteiger partial charge in [0.15, 0.2) is 17.2 Å². The van der Waals surface area contributed by atoms with Gasteiger partial charge in [0.1, 0.15) is 0 Å². The Morgan fingerprint density at radius 2 is 1.60 bits per heavy atom. The summed E-state index contributed by atoms with van der Waals surface area (Å²) in [5, 5.41) is 4.81. The van der Waals surface area contributed by atoms with Crippen LogP contribution in [0.15, 0.2) is 42.5 Å². The van der Waals surface area contributed by atoms with Gasteiger partial charge in [0.2, 0.25) is 0 Å². The summed E-state index contributed by atoms with van der Waals surface area (Å²) in [4.78, 5) is 29.1. The zero-order chi connectivity index (χ0) is 24.5. The molecule has 2 heterocycles. The van der Waals surface area contributed by atoms with Gasteiger partial charge in [0.25, 0.3) is 5.91 Å². The quantitative estimate of drug-likeness (QED) is 0.439. The van der Waals surface area contributed by atoms with Crippen molar-refractivity contribution in [3.63, 3.8) is 0 Å². The number of carbonyl (C=O) groups excluding carboxylic acids is 2. The van der Waals surface area contributed by atoms with Gasteiger partial charge in [-0.3, -0.25) is 4.79 Å². The van der Waals surface area contributed by atoms with Crippen LogP contribution in [0.25, 0.3) is 16.9 Å². The Morgan fingerprint density at radius 3 is 2.26 bits per heavy atom. The molecule has 0 N–H and O–H groups in total. The third-order valence-electron chi connectivity index (χ3n) is 6.51. The van der Waals surface area contributed by atoms with E-state index in [1.165, 1.54) is 0 Å². The van der Waals surface area contributed by atoms with E-state index in [1.807, 2.05) is 47.1 Å². The summed E-state index contributed by atoms with van der Waals surface area (Å²) in [5.41, 5.74) is 5.11. The number of methoxy groups -OCH3 is 2. The Morgan fingerprint density at radius 1 is 0.943 bits per heavy atom. The summed E-state index contributed by atoms with van der Waals surface area (Å²) < 4.78 is 18.0. The maximum Gasteiger partial charge on any atom is 0.409 e. The van der Waals surface area contributed by atoms with E-state index in [2.05, 4.69) is 0 Å². The van der Waals surface area contributed by atoms with Crippen molar-refractivity contribution in [3.8, 4) is 28.4 Å². The number of ether oxygens (including phenoxy) is 3. The molecule has 5 rings (SSSR count). The molecule has 1 fully saturated rings. The van der Waals surface area contributed by atoms with Crippen LogP contribution in [-0.2, 0) is 11.2 Å². The van der Waals surface area contributed by atoms with Crippen LogP contribution in [0.1, 0.15) is 28.5 Å². The van der Waals surface area contributed by atoms with Crippen LogP contribution >= 0.6 is 0 Å². The Bertz CT molecular complexity index is 1260. The molecule has 9 nitrogen and oxygen atoms in total. The second kappa shape index (κ2) is 9.32. The van der Waals surface area contributed by atoms with Crippen LogP contribution in [0.3, 0.4) is 0 Å². The lowest BCUT2D eigenvalue weighted by molar-refractivity contribution is 0.0565. The first-order chi connectivity index (χ1) is 17.0. The van der Waals surface area contributed by atoms with Crippen molar-refractivity contribution in [1.82, 2.24) is 19.6 Å². The van der Waals surface area contributed by atoms with Gasteiger partial charge in [-0.15, -0.1) is 0 Å². The first kappa shape index (κ1) is 22.8. The predicted molar refractivity (Wildman–Crippen MR) is 129 cm³/mol. The number of nitrogens with zero attached hydrogens (tertiary/aromatic N) is 4. The van der Waals surface area contributed by atoms with E-state index in [-0.39, 0.29) is 12.0 Å². The van der Waals surface area contributed by atoms with Crippen LogP contribution in [0, 0.1) is 0 Å². The lowest BCUT2D eigenvalue weighted by Gasteiger charge is -2.33. The van der Waals surface area contributed by atoms with Crippen molar-refractivity contribution in [1.29, 1.82) is 0 Å². The highest BCUT2D eigenvalue weighted by molar-refractivity contribution is 5.97. The van der Waals surface area contributed by atoms with Gasteiger partial charge in [-0.05, 0) is 36.8 Å². The smallest absolute Gasteiger partial charge is 0.409 e. The first-order valence-electron chi connectivity index (χ1n) is 11.7. The average Bonchev–Trinajstić information content (AvgIpc) is 3.45. The fraction of sp³-hybridized carbons (Fsp3) is 0.346. The third kappa shape index (κ3) is 3.96. The van der Waals surface area contributed by atoms with Gasteiger partial charge < -0.3 is 24.0 Å². The molecule has 3 aromatic rings. The molecule has 2 aliphatic rings. The fourth-order valence-electron chi connectivity index (χ4n) is 4.76. The standard InChI is InChI=1S/C26H28N4O5/c1-4-35-26(32)29-12-10-28(11-13-29)25(31)23-20-14-17-15-21(33-2)22(34-3)16-19(17)24(20)30(27-23)18-8-6-5-7-9-18/h5-9,15-16H,4,10-14H2,1-3H3. The molecule has 35 heavy (non-hydrogen) atoms. The summed E-state index contributed by atoms with van der Waals surface area (Å²) in [7, 11) is 3.22. The lowest BCUT2D eigenvalue weighted by atomic mass is 10.1. The van der Waals surface area contributed by atoms with E-state index in [4.69, 9.17) is 19.3 Å². The van der Waals surface area contributed by atoms with E-state index in [0.717, 1.165) is 28.1 Å². The molecular weight excluding hydrogens is 448 g/mol. The summed E-state index contributed by atoms with van der Waals surface area (Å²) in [6.45, 7) is 3.83. The normalized spacial score (nSPS) is 14.4. The molecule has 0 bridgehead atoms. The first-order valence-corrected chi connectivity index (χ1v) is 11.7. The van der Waals surface area contributed by atoms with Crippen LogP contribution < -0.4 is 9.47 Å². The van der Waals surface area contributed by atoms with E-state index in [1.54, 1.807) is 30.9 Å². The van der Waals surface area contributed by atoms with Gasteiger partial charge >= 0.3 is 6.09 Å². The van der Waals surface area contributed by atoms with Crippen molar-refractivity contribution in [2.45, 2.75) is 13.3 Å². The highest BCUT2D eigenvalue weighted by Gasteiger charge is 2.35. The van der Waals surface area contributed by atoms with Crippen molar-refractivity contribution >= 4 is 12.0 Å². The number of aromatic nitrogens is 2. The maximum absolute atomic E-state index is 13.7. The van der Waals surface area contributed by atoms with Crippen molar-refractivity contribution in [2.24, 2.45) is 0 Å². The number of hydrogen-bond acceptors (Lipinski definition) is 6. The molecule has 2 amide bonds. The number of benzene rings is 2. The molecule has 0 saturated carbocycles. The summed E-state index contributed by atoms with van der Waals surface area (Å²) in [5.74, 6) is 1.15.